The molecule has 2 aliphatic rings. The lowest BCUT2D eigenvalue weighted by Crippen LogP contribution is -2.23. The third-order valence-electron chi connectivity index (χ3n) is 5.19. The number of aromatic nitrogens is 2. The first kappa shape index (κ1) is 11.3. The van der Waals surface area contributed by atoms with Crippen LogP contribution in [0.4, 0.5) is 0 Å². The van der Waals surface area contributed by atoms with Gasteiger partial charge < -0.3 is 9.88 Å². The van der Waals surface area contributed by atoms with E-state index >= 15 is 0 Å². The molecule has 1 aromatic heterocycles. The molecule has 0 spiro atoms. The molecule has 94 valence electrons. The number of nitrogens with zero attached hydrogens (tertiary/aromatic N) is 2. The number of imidazole rings is 1. The smallest absolute Gasteiger partial charge is 0.0951 e. The zero-order valence-corrected chi connectivity index (χ0v) is 11.3. The molecule has 3 nitrogen and oxygen atoms in total. The van der Waals surface area contributed by atoms with Crippen LogP contribution in [0.25, 0.3) is 0 Å². The molecule has 0 amide bonds. The molecule has 0 unspecified atom stereocenters. The van der Waals surface area contributed by atoms with Crippen molar-refractivity contribution < 1.29 is 0 Å². The Labute approximate surface area is 104 Å². The number of nitrogens with one attached hydrogen (secondary N) is 1. The normalized spacial score (nSPS) is 26.1. The van der Waals surface area contributed by atoms with Crippen LogP contribution < -0.4 is 5.32 Å². The van der Waals surface area contributed by atoms with E-state index in [0.29, 0.717) is 16.9 Å². The van der Waals surface area contributed by atoms with Gasteiger partial charge in [-0.25, -0.2) is 4.98 Å². The summed E-state index contributed by atoms with van der Waals surface area (Å²) in [4.78, 5) is 4.28. The van der Waals surface area contributed by atoms with Crippen LogP contribution in [0.1, 0.15) is 52.3 Å². The molecule has 0 aromatic carbocycles. The standard InChI is InChI=1S/C14H23N3/c1-13(2)12(14(13,3)4)16-8-11-7-15-9-17(11)10-5-6-10/h7,9-10,12,16H,5-6,8H2,1-4H3. The maximum Gasteiger partial charge on any atom is 0.0951 e. The molecule has 3 heteroatoms. The van der Waals surface area contributed by atoms with Crippen LogP contribution in [0.5, 0.6) is 0 Å². The summed E-state index contributed by atoms with van der Waals surface area (Å²) in [6.07, 6.45) is 6.64. The Kier molecular flexibility index (Phi) is 2.22. The van der Waals surface area contributed by atoms with Gasteiger partial charge in [-0.15, -0.1) is 0 Å². The summed E-state index contributed by atoms with van der Waals surface area (Å²) in [6.45, 7) is 10.4. The highest BCUT2D eigenvalue weighted by molar-refractivity contribution is 5.18. The SMILES string of the molecule is CC1(C)C(NCc2cncn2C2CC2)C1(C)C. The van der Waals surface area contributed by atoms with Gasteiger partial charge in [0.15, 0.2) is 0 Å². The van der Waals surface area contributed by atoms with Crippen LogP contribution in [-0.2, 0) is 6.54 Å². The molecular formula is C14H23N3. The Balaban J connectivity index is 1.63. The second-order valence-electron chi connectivity index (χ2n) is 6.78. The van der Waals surface area contributed by atoms with Gasteiger partial charge in [-0.1, -0.05) is 27.7 Å². The van der Waals surface area contributed by atoms with Crippen molar-refractivity contribution in [3.05, 3.63) is 18.2 Å². The van der Waals surface area contributed by atoms with Crippen molar-refractivity contribution in [3.8, 4) is 0 Å². The number of rotatable bonds is 4. The Hall–Kier alpha value is -0.830. The molecule has 1 aromatic rings. The van der Waals surface area contributed by atoms with E-state index in [0.717, 1.165) is 12.6 Å². The van der Waals surface area contributed by atoms with Gasteiger partial charge in [-0.2, -0.15) is 0 Å². The first-order valence-corrected chi connectivity index (χ1v) is 6.68. The lowest BCUT2D eigenvalue weighted by molar-refractivity contribution is 0.457. The minimum absolute atomic E-state index is 0.414. The first-order valence-electron chi connectivity index (χ1n) is 6.68. The molecule has 2 fully saturated rings. The highest BCUT2D eigenvalue weighted by Gasteiger charge is 2.64. The lowest BCUT2D eigenvalue weighted by atomic mass is 10.0. The molecule has 2 aliphatic carbocycles. The maximum absolute atomic E-state index is 4.28. The molecule has 0 aliphatic heterocycles. The van der Waals surface area contributed by atoms with Crippen LogP contribution in [0.15, 0.2) is 12.5 Å². The zero-order valence-electron chi connectivity index (χ0n) is 11.3. The Bertz CT molecular complexity index is 412. The summed E-state index contributed by atoms with van der Waals surface area (Å²) in [6, 6.07) is 1.35. The first-order chi connectivity index (χ1) is 7.94. The van der Waals surface area contributed by atoms with Gasteiger partial charge in [0.25, 0.3) is 0 Å². The molecule has 1 heterocycles. The van der Waals surface area contributed by atoms with Gasteiger partial charge in [0.05, 0.1) is 12.0 Å². The fourth-order valence-electron chi connectivity index (χ4n) is 3.06. The second kappa shape index (κ2) is 3.35. The predicted octanol–water partition coefficient (Wildman–Crippen LogP) is 2.74. The van der Waals surface area contributed by atoms with E-state index < -0.39 is 0 Å². The van der Waals surface area contributed by atoms with Gasteiger partial charge in [-0.3, -0.25) is 0 Å². The van der Waals surface area contributed by atoms with Crippen molar-refractivity contribution >= 4 is 0 Å². The molecule has 0 bridgehead atoms. The fraction of sp³-hybridized carbons (Fsp3) is 0.786. The number of hydrogen-bond acceptors (Lipinski definition) is 2. The summed E-state index contributed by atoms with van der Waals surface area (Å²) in [5, 5.41) is 3.70. The van der Waals surface area contributed by atoms with E-state index in [1.54, 1.807) is 0 Å². The largest absolute Gasteiger partial charge is 0.330 e. The number of hydrogen-bond donors (Lipinski definition) is 1. The van der Waals surface area contributed by atoms with Crippen molar-refractivity contribution in [1.82, 2.24) is 14.9 Å². The molecule has 0 saturated heterocycles. The highest BCUT2D eigenvalue weighted by Crippen LogP contribution is 2.62. The lowest BCUT2D eigenvalue weighted by Gasteiger charge is -2.09. The van der Waals surface area contributed by atoms with Crippen molar-refractivity contribution in [2.24, 2.45) is 10.8 Å². The molecule has 2 saturated carbocycles. The highest BCUT2D eigenvalue weighted by atomic mass is 15.1. The van der Waals surface area contributed by atoms with Gasteiger partial charge in [0.1, 0.15) is 0 Å². The van der Waals surface area contributed by atoms with Crippen LogP contribution in [-0.4, -0.2) is 15.6 Å². The zero-order chi connectivity index (χ0) is 12.3. The monoisotopic (exact) mass is 233 g/mol. The Morgan fingerprint density at radius 1 is 1.29 bits per heavy atom. The fourth-order valence-corrected chi connectivity index (χ4v) is 3.06. The van der Waals surface area contributed by atoms with E-state index in [2.05, 4.69) is 42.6 Å². The van der Waals surface area contributed by atoms with Crippen molar-refractivity contribution in [1.29, 1.82) is 0 Å². The van der Waals surface area contributed by atoms with E-state index in [1.807, 2.05) is 12.5 Å². The van der Waals surface area contributed by atoms with Gasteiger partial charge in [0, 0.05) is 24.8 Å². The van der Waals surface area contributed by atoms with E-state index in [-0.39, 0.29) is 0 Å². The Morgan fingerprint density at radius 3 is 2.47 bits per heavy atom. The van der Waals surface area contributed by atoms with Gasteiger partial charge in [0.2, 0.25) is 0 Å². The third-order valence-corrected chi connectivity index (χ3v) is 5.19. The predicted molar refractivity (Wildman–Crippen MR) is 68.7 cm³/mol. The van der Waals surface area contributed by atoms with E-state index in [1.165, 1.54) is 18.5 Å². The summed E-state index contributed by atoms with van der Waals surface area (Å²) in [7, 11) is 0. The summed E-state index contributed by atoms with van der Waals surface area (Å²) < 4.78 is 2.34. The molecule has 3 rings (SSSR count). The maximum atomic E-state index is 4.28. The van der Waals surface area contributed by atoms with Crippen molar-refractivity contribution in [2.75, 3.05) is 0 Å². The molecule has 1 N–H and O–H groups in total. The van der Waals surface area contributed by atoms with Crippen molar-refractivity contribution in [3.63, 3.8) is 0 Å². The second-order valence-corrected chi connectivity index (χ2v) is 6.78. The average Bonchev–Trinajstić information content (AvgIpc) is 3.07. The molecule has 17 heavy (non-hydrogen) atoms. The minimum atomic E-state index is 0.414. The Morgan fingerprint density at radius 2 is 1.94 bits per heavy atom. The third kappa shape index (κ3) is 1.63. The van der Waals surface area contributed by atoms with Crippen LogP contribution in [0.2, 0.25) is 0 Å². The van der Waals surface area contributed by atoms with Crippen molar-refractivity contribution in [2.45, 2.75) is 59.2 Å². The topological polar surface area (TPSA) is 29.9 Å². The van der Waals surface area contributed by atoms with E-state index in [9.17, 15) is 0 Å². The van der Waals surface area contributed by atoms with Crippen LogP contribution in [0.3, 0.4) is 0 Å². The van der Waals surface area contributed by atoms with Crippen LogP contribution in [0, 0.1) is 10.8 Å². The van der Waals surface area contributed by atoms with E-state index in [4.69, 9.17) is 0 Å². The average molecular weight is 233 g/mol. The quantitative estimate of drug-likeness (QED) is 0.866. The summed E-state index contributed by atoms with van der Waals surface area (Å²) >= 11 is 0. The summed E-state index contributed by atoms with van der Waals surface area (Å²) in [5.74, 6) is 0. The minimum Gasteiger partial charge on any atom is -0.330 e. The van der Waals surface area contributed by atoms with Gasteiger partial charge >= 0.3 is 0 Å². The van der Waals surface area contributed by atoms with Gasteiger partial charge in [-0.05, 0) is 23.7 Å². The molecule has 0 radical (unpaired) electrons. The molecular weight excluding hydrogens is 210 g/mol. The van der Waals surface area contributed by atoms with Crippen LogP contribution >= 0.6 is 0 Å². The molecule has 0 atom stereocenters. The summed E-state index contributed by atoms with van der Waals surface area (Å²) in [5.41, 5.74) is 2.17.